The maximum atomic E-state index is 4.32. The van der Waals surface area contributed by atoms with Crippen LogP contribution < -0.4 is 5.32 Å². The van der Waals surface area contributed by atoms with Gasteiger partial charge in [0.05, 0.1) is 11.6 Å². The summed E-state index contributed by atoms with van der Waals surface area (Å²) in [6.45, 7) is 8.54. The molecule has 1 atom stereocenters. The maximum absolute atomic E-state index is 4.32. The van der Waals surface area contributed by atoms with Crippen LogP contribution in [0.2, 0.25) is 0 Å². The number of hydrogen-bond acceptors (Lipinski definition) is 3. The molecule has 110 valence electrons. The lowest BCUT2D eigenvalue weighted by Gasteiger charge is -2.16. The van der Waals surface area contributed by atoms with Gasteiger partial charge in [0.1, 0.15) is 0 Å². The smallest absolute Gasteiger partial charge is 0.0897 e. The molecule has 1 unspecified atom stereocenters. The van der Waals surface area contributed by atoms with E-state index in [0.717, 1.165) is 18.1 Å². The van der Waals surface area contributed by atoms with Crippen molar-refractivity contribution in [3.63, 3.8) is 0 Å². The standard InChI is InChI=1S/C16H25N3S/c1-4-6-16(17-8-5-2)14-7-9-19(11-14)12-15-10-18-13(3)20-15/h7,9-11,16-17H,4-6,8,12H2,1-3H3. The number of aryl methyl sites for hydroxylation is 1. The minimum absolute atomic E-state index is 0.490. The predicted molar refractivity (Wildman–Crippen MR) is 86.3 cm³/mol. The highest BCUT2D eigenvalue weighted by Crippen LogP contribution is 2.20. The van der Waals surface area contributed by atoms with E-state index in [4.69, 9.17) is 0 Å². The van der Waals surface area contributed by atoms with Gasteiger partial charge in [0.2, 0.25) is 0 Å². The molecule has 2 aromatic heterocycles. The summed E-state index contributed by atoms with van der Waals surface area (Å²) in [6, 6.07) is 2.74. The monoisotopic (exact) mass is 291 g/mol. The highest BCUT2D eigenvalue weighted by atomic mass is 32.1. The zero-order valence-electron chi connectivity index (χ0n) is 12.7. The van der Waals surface area contributed by atoms with Crippen LogP contribution in [0.1, 0.15) is 54.6 Å². The number of hydrogen-bond donors (Lipinski definition) is 1. The fraction of sp³-hybridized carbons (Fsp3) is 0.562. The first-order chi connectivity index (χ1) is 9.72. The summed E-state index contributed by atoms with van der Waals surface area (Å²) in [5.74, 6) is 0. The molecule has 20 heavy (non-hydrogen) atoms. The first kappa shape index (κ1) is 15.3. The van der Waals surface area contributed by atoms with Crippen LogP contribution in [0.5, 0.6) is 0 Å². The van der Waals surface area contributed by atoms with E-state index in [0.29, 0.717) is 6.04 Å². The average molecular weight is 291 g/mol. The Morgan fingerprint density at radius 2 is 2.20 bits per heavy atom. The molecule has 1 N–H and O–H groups in total. The zero-order chi connectivity index (χ0) is 14.4. The fourth-order valence-corrected chi connectivity index (χ4v) is 3.22. The summed E-state index contributed by atoms with van der Waals surface area (Å²) in [6.07, 6.45) is 10.0. The van der Waals surface area contributed by atoms with E-state index < -0.39 is 0 Å². The summed E-state index contributed by atoms with van der Waals surface area (Å²) >= 11 is 1.78. The van der Waals surface area contributed by atoms with Gasteiger partial charge in [-0.15, -0.1) is 11.3 Å². The molecule has 2 heterocycles. The summed E-state index contributed by atoms with van der Waals surface area (Å²) in [7, 11) is 0. The molecule has 2 rings (SSSR count). The number of thiazole rings is 1. The second kappa shape index (κ2) is 7.60. The largest absolute Gasteiger partial charge is 0.349 e. The topological polar surface area (TPSA) is 29.9 Å². The van der Waals surface area contributed by atoms with Gasteiger partial charge >= 0.3 is 0 Å². The molecule has 0 aliphatic carbocycles. The zero-order valence-corrected chi connectivity index (χ0v) is 13.5. The molecule has 0 spiro atoms. The number of rotatable bonds is 8. The first-order valence-electron chi connectivity index (χ1n) is 7.53. The van der Waals surface area contributed by atoms with Crippen molar-refractivity contribution in [3.8, 4) is 0 Å². The SMILES string of the molecule is CCCNC(CCC)c1ccn(Cc2cnc(C)s2)c1. The molecule has 0 bridgehead atoms. The van der Waals surface area contributed by atoms with E-state index in [1.165, 1.54) is 29.7 Å². The molecule has 4 heteroatoms. The third-order valence-corrected chi connectivity index (χ3v) is 4.30. The lowest BCUT2D eigenvalue weighted by Crippen LogP contribution is -2.21. The van der Waals surface area contributed by atoms with E-state index in [1.807, 2.05) is 6.20 Å². The minimum atomic E-state index is 0.490. The number of aromatic nitrogens is 2. The van der Waals surface area contributed by atoms with Gasteiger partial charge in [0.25, 0.3) is 0 Å². The van der Waals surface area contributed by atoms with Crippen LogP contribution in [0.15, 0.2) is 24.7 Å². The van der Waals surface area contributed by atoms with Crippen molar-refractivity contribution < 1.29 is 0 Å². The number of nitrogens with zero attached hydrogens (tertiary/aromatic N) is 2. The van der Waals surface area contributed by atoms with Crippen LogP contribution in [-0.4, -0.2) is 16.1 Å². The van der Waals surface area contributed by atoms with Crippen LogP contribution >= 0.6 is 11.3 Å². The Morgan fingerprint density at radius 1 is 1.35 bits per heavy atom. The highest BCUT2D eigenvalue weighted by molar-refractivity contribution is 7.11. The molecular formula is C16H25N3S. The van der Waals surface area contributed by atoms with Crippen LogP contribution in [0.4, 0.5) is 0 Å². The first-order valence-corrected chi connectivity index (χ1v) is 8.35. The molecule has 0 aliphatic heterocycles. The Bertz CT molecular complexity index is 515. The Balaban J connectivity index is 2.02. The molecule has 0 saturated carbocycles. The minimum Gasteiger partial charge on any atom is -0.349 e. The summed E-state index contributed by atoms with van der Waals surface area (Å²) in [5.41, 5.74) is 1.40. The highest BCUT2D eigenvalue weighted by Gasteiger charge is 2.11. The van der Waals surface area contributed by atoms with Crippen LogP contribution in [0.3, 0.4) is 0 Å². The summed E-state index contributed by atoms with van der Waals surface area (Å²) < 4.78 is 2.26. The van der Waals surface area contributed by atoms with Gasteiger partial charge in [-0.2, -0.15) is 0 Å². The molecule has 2 aromatic rings. The van der Waals surface area contributed by atoms with Gasteiger partial charge in [-0.05, 0) is 37.9 Å². The van der Waals surface area contributed by atoms with Crippen molar-refractivity contribution in [2.24, 2.45) is 0 Å². The van der Waals surface area contributed by atoms with Crippen molar-refractivity contribution in [1.29, 1.82) is 0 Å². The van der Waals surface area contributed by atoms with E-state index in [-0.39, 0.29) is 0 Å². The summed E-state index contributed by atoms with van der Waals surface area (Å²) in [4.78, 5) is 5.64. The van der Waals surface area contributed by atoms with Gasteiger partial charge in [0, 0.05) is 29.5 Å². The van der Waals surface area contributed by atoms with E-state index >= 15 is 0 Å². The van der Waals surface area contributed by atoms with Crippen molar-refractivity contribution in [3.05, 3.63) is 40.1 Å². The molecule has 0 radical (unpaired) electrons. The predicted octanol–water partition coefficient (Wildman–Crippen LogP) is 4.14. The summed E-state index contributed by atoms with van der Waals surface area (Å²) in [5, 5.41) is 4.78. The van der Waals surface area contributed by atoms with E-state index in [9.17, 15) is 0 Å². The van der Waals surface area contributed by atoms with Crippen LogP contribution in [0.25, 0.3) is 0 Å². The van der Waals surface area contributed by atoms with Crippen molar-refractivity contribution >= 4 is 11.3 Å². The van der Waals surface area contributed by atoms with Gasteiger partial charge in [-0.25, -0.2) is 4.98 Å². The molecule has 0 aromatic carbocycles. The Kier molecular flexibility index (Phi) is 5.80. The lowest BCUT2D eigenvalue weighted by molar-refractivity contribution is 0.493. The molecule has 0 aliphatic rings. The van der Waals surface area contributed by atoms with E-state index in [2.05, 4.69) is 54.1 Å². The van der Waals surface area contributed by atoms with Gasteiger partial charge in [0.15, 0.2) is 0 Å². The molecule has 0 saturated heterocycles. The van der Waals surface area contributed by atoms with Crippen LogP contribution in [0, 0.1) is 6.92 Å². The third-order valence-electron chi connectivity index (χ3n) is 3.40. The van der Waals surface area contributed by atoms with Crippen LogP contribution in [-0.2, 0) is 6.54 Å². The Morgan fingerprint density at radius 3 is 2.85 bits per heavy atom. The normalized spacial score (nSPS) is 12.8. The van der Waals surface area contributed by atoms with Gasteiger partial charge < -0.3 is 9.88 Å². The molecular weight excluding hydrogens is 266 g/mol. The van der Waals surface area contributed by atoms with Gasteiger partial charge in [-0.1, -0.05) is 20.3 Å². The number of nitrogens with one attached hydrogen (secondary N) is 1. The van der Waals surface area contributed by atoms with E-state index in [1.54, 1.807) is 11.3 Å². The molecule has 3 nitrogen and oxygen atoms in total. The van der Waals surface area contributed by atoms with Gasteiger partial charge in [-0.3, -0.25) is 0 Å². The Labute approximate surface area is 126 Å². The average Bonchev–Trinajstić information content (AvgIpc) is 3.04. The lowest BCUT2D eigenvalue weighted by atomic mass is 10.1. The second-order valence-corrected chi connectivity index (χ2v) is 6.58. The van der Waals surface area contributed by atoms with Crippen molar-refractivity contribution in [1.82, 2.24) is 14.9 Å². The Hall–Kier alpha value is -1.13. The second-order valence-electron chi connectivity index (χ2n) is 5.26. The molecule has 0 amide bonds. The fourth-order valence-electron chi connectivity index (χ4n) is 2.42. The van der Waals surface area contributed by atoms with Crippen molar-refractivity contribution in [2.75, 3.05) is 6.54 Å². The quantitative estimate of drug-likeness (QED) is 0.792. The van der Waals surface area contributed by atoms with Crippen molar-refractivity contribution in [2.45, 2.75) is 52.6 Å². The molecule has 0 fully saturated rings. The third kappa shape index (κ3) is 4.18. The maximum Gasteiger partial charge on any atom is 0.0897 e.